The summed E-state index contributed by atoms with van der Waals surface area (Å²) in [5.41, 5.74) is 11.1. The third-order valence-electron chi connectivity index (χ3n) is 11.7. The molecule has 0 aliphatic carbocycles. The largest absolute Gasteiger partial charge is 0.382 e. The van der Waals surface area contributed by atoms with E-state index in [1.54, 1.807) is 0 Å². The molecule has 1 N–H and O–H groups in total. The predicted molar refractivity (Wildman–Crippen MR) is 215 cm³/mol. The number of aliphatic hydroxyl groups excluding tert-OH is 1. The number of nitrogens with zero attached hydrogens (tertiary/aromatic N) is 4. The van der Waals surface area contributed by atoms with E-state index >= 15 is 0 Å². The zero-order valence-electron chi connectivity index (χ0n) is 30.7. The van der Waals surface area contributed by atoms with Gasteiger partial charge in [0.15, 0.2) is 0 Å². The van der Waals surface area contributed by atoms with Crippen LogP contribution in [0.25, 0.3) is 10.9 Å². The van der Waals surface area contributed by atoms with Crippen LogP contribution in [0.4, 0.5) is 5.69 Å². The molecule has 1 saturated heterocycles. The lowest BCUT2D eigenvalue weighted by Gasteiger charge is -2.38. The van der Waals surface area contributed by atoms with Crippen molar-refractivity contribution in [1.82, 2.24) is 14.4 Å². The summed E-state index contributed by atoms with van der Waals surface area (Å²) in [5.74, 6) is 0.504. The molecule has 5 heteroatoms. The summed E-state index contributed by atoms with van der Waals surface area (Å²) in [7, 11) is 0. The number of piperidine rings is 1. The molecule has 0 spiro atoms. The molecule has 5 nitrogen and oxygen atoms in total. The number of benzene rings is 5. The Kier molecular flexibility index (Phi) is 10.3. The molecule has 3 atom stereocenters. The molecule has 3 unspecified atom stereocenters. The van der Waals surface area contributed by atoms with Crippen molar-refractivity contribution in [3.8, 4) is 0 Å². The number of hydrogen-bond acceptors (Lipinski definition) is 4. The van der Waals surface area contributed by atoms with Gasteiger partial charge >= 0.3 is 0 Å². The van der Waals surface area contributed by atoms with Crippen molar-refractivity contribution in [3.05, 3.63) is 173 Å². The summed E-state index contributed by atoms with van der Waals surface area (Å²) < 4.78 is 2.40. The number of aliphatic hydroxyl groups is 1. The third kappa shape index (κ3) is 6.93. The van der Waals surface area contributed by atoms with Crippen LogP contribution in [0.5, 0.6) is 0 Å². The van der Waals surface area contributed by atoms with Gasteiger partial charge in [-0.25, -0.2) is 0 Å². The molecule has 0 saturated carbocycles. The van der Waals surface area contributed by atoms with E-state index in [0.717, 1.165) is 63.5 Å². The normalized spacial score (nSPS) is 17.8. The summed E-state index contributed by atoms with van der Waals surface area (Å²) in [6.45, 7) is 12.2. The minimum Gasteiger partial charge on any atom is -0.382 e. The molecule has 266 valence electrons. The minimum absolute atomic E-state index is 0.501. The number of anilines is 1. The Morgan fingerprint density at radius 2 is 1.37 bits per heavy atom. The van der Waals surface area contributed by atoms with Crippen LogP contribution in [0.1, 0.15) is 71.4 Å². The van der Waals surface area contributed by atoms with Gasteiger partial charge < -0.3 is 19.5 Å². The van der Waals surface area contributed by atoms with Gasteiger partial charge in [0.2, 0.25) is 0 Å². The summed E-state index contributed by atoms with van der Waals surface area (Å²) >= 11 is 0. The number of aromatic nitrogens is 1. The Bertz CT molecular complexity index is 2030. The van der Waals surface area contributed by atoms with Crippen LogP contribution in [0.15, 0.2) is 133 Å². The number of hydrogen-bond donors (Lipinski definition) is 1. The Morgan fingerprint density at radius 3 is 2.02 bits per heavy atom. The highest BCUT2D eigenvalue weighted by atomic mass is 16.3. The monoisotopic (exact) mass is 688 g/mol. The van der Waals surface area contributed by atoms with E-state index < -0.39 is 6.10 Å². The molecular formula is C47H52N4O. The van der Waals surface area contributed by atoms with Gasteiger partial charge in [0, 0.05) is 67.8 Å². The number of likely N-dealkylation sites (tertiary alicyclic amines) is 1. The number of likely N-dealkylation sites (N-methyl/N-ethyl adjacent to an activating group) is 2. The molecule has 1 aromatic heterocycles. The standard InChI is InChI=1S/C47H52N4O/c1-3-48-28-26-40-42-30-38(24-25-44(42)50(4-2)45(40)34-48)47(52)46-41(39-22-14-15-23-43(39)51(46)33-37-20-12-7-13-21-37)27-29-49(31-35-16-8-5-9-17-35)32-36-18-10-6-11-19-36/h5-25,30,40,45,47,52H,3-4,26-29,31-34H2,1-2H3. The van der Waals surface area contributed by atoms with E-state index in [-0.39, 0.29) is 0 Å². The molecule has 0 radical (unpaired) electrons. The lowest BCUT2D eigenvalue weighted by atomic mass is 9.86. The second-order valence-electron chi connectivity index (χ2n) is 14.7. The fourth-order valence-corrected chi connectivity index (χ4v) is 9.08. The predicted octanol–water partition coefficient (Wildman–Crippen LogP) is 9.03. The fraction of sp³-hybridized carbons (Fsp3) is 0.319. The Labute approximate surface area is 309 Å². The molecule has 3 heterocycles. The van der Waals surface area contributed by atoms with Crippen LogP contribution < -0.4 is 4.90 Å². The maximum absolute atomic E-state index is 12.7. The van der Waals surface area contributed by atoms with Gasteiger partial charge in [0.1, 0.15) is 6.10 Å². The number of para-hydroxylation sites is 1. The van der Waals surface area contributed by atoms with Gasteiger partial charge in [-0.3, -0.25) is 4.90 Å². The van der Waals surface area contributed by atoms with Gasteiger partial charge in [-0.15, -0.1) is 0 Å². The van der Waals surface area contributed by atoms with Crippen molar-refractivity contribution in [2.75, 3.05) is 37.6 Å². The number of rotatable bonds is 13. The third-order valence-corrected chi connectivity index (χ3v) is 11.7. The van der Waals surface area contributed by atoms with Crippen LogP contribution in [0.3, 0.4) is 0 Å². The van der Waals surface area contributed by atoms with Gasteiger partial charge in [0.05, 0.1) is 5.69 Å². The highest BCUT2D eigenvalue weighted by molar-refractivity contribution is 5.86. The van der Waals surface area contributed by atoms with Crippen molar-refractivity contribution < 1.29 is 5.11 Å². The van der Waals surface area contributed by atoms with Crippen LogP contribution in [-0.2, 0) is 26.1 Å². The van der Waals surface area contributed by atoms with Gasteiger partial charge in [-0.1, -0.05) is 128 Å². The number of fused-ring (bicyclic) bond motifs is 4. The quantitative estimate of drug-likeness (QED) is 0.131. The molecular weight excluding hydrogens is 637 g/mol. The van der Waals surface area contributed by atoms with Gasteiger partial charge in [-0.2, -0.15) is 0 Å². The Balaban J connectivity index is 1.19. The molecule has 2 aliphatic rings. The van der Waals surface area contributed by atoms with E-state index in [0.29, 0.717) is 18.5 Å². The van der Waals surface area contributed by atoms with E-state index in [1.165, 1.54) is 50.8 Å². The van der Waals surface area contributed by atoms with E-state index in [9.17, 15) is 5.11 Å². The maximum Gasteiger partial charge on any atom is 0.119 e. The molecule has 52 heavy (non-hydrogen) atoms. The zero-order valence-corrected chi connectivity index (χ0v) is 30.7. The summed E-state index contributed by atoms with van der Waals surface area (Å²) in [4.78, 5) is 7.77. The highest BCUT2D eigenvalue weighted by Gasteiger charge is 2.41. The first-order chi connectivity index (χ1) is 25.6. The van der Waals surface area contributed by atoms with E-state index in [4.69, 9.17) is 0 Å². The van der Waals surface area contributed by atoms with Gasteiger partial charge in [-0.05, 0) is 78.4 Å². The van der Waals surface area contributed by atoms with Crippen LogP contribution in [0.2, 0.25) is 0 Å². The molecule has 5 aromatic carbocycles. The first kappa shape index (κ1) is 34.4. The minimum atomic E-state index is -0.752. The van der Waals surface area contributed by atoms with Crippen LogP contribution in [0, 0.1) is 0 Å². The molecule has 0 amide bonds. The van der Waals surface area contributed by atoms with Crippen molar-refractivity contribution in [2.45, 2.75) is 64.4 Å². The van der Waals surface area contributed by atoms with Gasteiger partial charge in [0.25, 0.3) is 0 Å². The fourth-order valence-electron chi connectivity index (χ4n) is 9.08. The molecule has 6 aromatic rings. The average Bonchev–Trinajstić information content (AvgIpc) is 3.68. The molecule has 2 aliphatic heterocycles. The van der Waals surface area contributed by atoms with E-state index in [2.05, 4.69) is 167 Å². The molecule has 1 fully saturated rings. The zero-order chi connectivity index (χ0) is 35.4. The topological polar surface area (TPSA) is 34.9 Å². The first-order valence-corrected chi connectivity index (χ1v) is 19.4. The van der Waals surface area contributed by atoms with Crippen molar-refractivity contribution >= 4 is 16.6 Å². The highest BCUT2D eigenvalue weighted by Crippen LogP contribution is 2.46. The first-order valence-electron chi connectivity index (χ1n) is 19.4. The Morgan fingerprint density at radius 1 is 0.731 bits per heavy atom. The summed E-state index contributed by atoms with van der Waals surface area (Å²) in [5, 5.41) is 14.0. The second kappa shape index (κ2) is 15.5. The lowest BCUT2D eigenvalue weighted by molar-refractivity contribution is 0.201. The van der Waals surface area contributed by atoms with Crippen molar-refractivity contribution in [3.63, 3.8) is 0 Å². The van der Waals surface area contributed by atoms with Crippen molar-refractivity contribution in [1.29, 1.82) is 0 Å². The lowest BCUT2D eigenvalue weighted by Crippen LogP contribution is -2.48. The SMILES string of the molecule is CCN1CCC2c3cc(C(O)c4c(CCN(Cc5ccccc5)Cc5ccccc5)c5ccccc5n4Cc4ccccc4)ccc3N(CC)C2C1. The summed E-state index contributed by atoms with van der Waals surface area (Å²) in [6.07, 6.45) is 1.25. The van der Waals surface area contributed by atoms with E-state index in [1.807, 2.05) is 0 Å². The second-order valence-corrected chi connectivity index (χ2v) is 14.7. The Hall–Kier alpha value is -4.68. The van der Waals surface area contributed by atoms with Crippen molar-refractivity contribution in [2.24, 2.45) is 0 Å². The van der Waals surface area contributed by atoms with Crippen LogP contribution >= 0.6 is 0 Å². The van der Waals surface area contributed by atoms with Crippen LogP contribution in [-0.4, -0.2) is 58.2 Å². The average molecular weight is 689 g/mol. The molecule has 8 rings (SSSR count). The maximum atomic E-state index is 12.7. The smallest absolute Gasteiger partial charge is 0.119 e. The molecule has 0 bridgehead atoms. The summed E-state index contributed by atoms with van der Waals surface area (Å²) in [6, 6.07) is 48.5.